The zero-order valence-electron chi connectivity index (χ0n) is 9.33. The Kier molecular flexibility index (Phi) is 3.22. The molecule has 2 heterocycles. The largest absolute Gasteiger partial charge is 0.279 e. The quantitative estimate of drug-likeness (QED) is 0.794. The molecule has 0 aliphatic carbocycles. The van der Waals surface area contributed by atoms with Crippen LogP contribution in [0.2, 0.25) is 4.34 Å². The zero-order chi connectivity index (χ0) is 13.5. The topological polar surface area (TPSA) is 59.1 Å². The van der Waals surface area contributed by atoms with Gasteiger partial charge in [-0.15, -0.1) is 22.7 Å². The number of nitrogens with zero attached hydrogens (tertiary/aromatic N) is 1. The molecule has 0 radical (unpaired) electrons. The lowest BCUT2D eigenvalue weighted by Crippen LogP contribution is -2.11. The first kappa shape index (κ1) is 12.9. The minimum atomic E-state index is -3.58. The number of hydrogen-bond acceptors (Lipinski definition) is 5. The van der Waals surface area contributed by atoms with Gasteiger partial charge < -0.3 is 0 Å². The van der Waals surface area contributed by atoms with Crippen LogP contribution < -0.4 is 4.72 Å². The molecule has 0 aliphatic rings. The Morgan fingerprint density at radius 2 is 2.05 bits per heavy atom. The molecule has 0 amide bonds. The first-order valence-electron chi connectivity index (χ1n) is 5.16. The molecule has 0 fully saturated rings. The van der Waals surface area contributed by atoms with E-state index in [0.717, 1.165) is 21.6 Å². The van der Waals surface area contributed by atoms with Crippen molar-refractivity contribution in [3.8, 4) is 0 Å². The van der Waals surface area contributed by atoms with Gasteiger partial charge in [-0.25, -0.2) is 13.4 Å². The van der Waals surface area contributed by atoms with Gasteiger partial charge in [-0.05, 0) is 30.3 Å². The SMILES string of the molecule is O=S(=O)(Nc1ccc2ncsc2c1)c1ccc(Cl)s1. The summed E-state index contributed by atoms with van der Waals surface area (Å²) >= 11 is 8.24. The highest BCUT2D eigenvalue weighted by Gasteiger charge is 2.16. The van der Waals surface area contributed by atoms with Crippen LogP contribution in [0.25, 0.3) is 10.2 Å². The molecular formula is C11H7ClN2O2S3. The number of aromatic nitrogens is 1. The number of thiophene rings is 1. The Balaban J connectivity index is 1.95. The molecule has 19 heavy (non-hydrogen) atoms. The van der Waals surface area contributed by atoms with Crippen LogP contribution in [-0.4, -0.2) is 13.4 Å². The molecule has 0 aliphatic heterocycles. The van der Waals surface area contributed by atoms with Crippen molar-refractivity contribution in [2.75, 3.05) is 4.72 Å². The van der Waals surface area contributed by atoms with E-state index in [-0.39, 0.29) is 4.21 Å². The summed E-state index contributed by atoms with van der Waals surface area (Å²) in [4.78, 5) is 4.14. The van der Waals surface area contributed by atoms with Crippen molar-refractivity contribution < 1.29 is 8.42 Å². The fourth-order valence-corrected chi connectivity index (χ4v) is 4.81. The van der Waals surface area contributed by atoms with Crippen LogP contribution >= 0.6 is 34.3 Å². The second-order valence-corrected chi connectivity index (χ2v) is 8.21. The summed E-state index contributed by atoms with van der Waals surface area (Å²) in [6, 6.07) is 8.29. The van der Waals surface area contributed by atoms with Gasteiger partial charge in [-0.2, -0.15) is 0 Å². The first-order valence-corrected chi connectivity index (χ1v) is 8.72. The lowest BCUT2D eigenvalue weighted by atomic mass is 10.3. The molecule has 0 saturated carbocycles. The maximum Gasteiger partial charge on any atom is 0.271 e. The minimum absolute atomic E-state index is 0.196. The molecule has 0 unspecified atom stereocenters. The number of thiazole rings is 1. The van der Waals surface area contributed by atoms with E-state index in [2.05, 4.69) is 9.71 Å². The molecule has 0 bridgehead atoms. The third-order valence-corrected chi connectivity index (χ3v) is 6.29. The standard InChI is InChI=1S/C11H7ClN2O2S3/c12-10-3-4-11(18-10)19(15,16)14-7-1-2-8-9(5-7)17-6-13-8/h1-6,14H. The van der Waals surface area contributed by atoms with Gasteiger partial charge in [-0.3, -0.25) is 4.72 Å². The van der Waals surface area contributed by atoms with E-state index in [0.29, 0.717) is 10.0 Å². The fourth-order valence-electron chi connectivity index (χ4n) is 1.57. The monoisotopic (exact) mass is 330 g/mol. The Labute approximate surface area is 122 Å². The molecule has 2 aromatic heterocycles. The molecule has 98 valence electrons. The Hall–Kier alpha value is -1.15. The van der Waals surface area contributed by atoms with Gasteiger partial charge >= 0.3 is 0 Å². The van der Waals surface area contributed by atoms with Crippen molar-refractivity contribution in [3.63, 3.8) is 0 Å². The molecule has 4 nitrogen and oxygen atoms in total. The lowest BCUT2D eigenvalue weighted by molar-refractivity contribution is 0.603. The highest BCUT2D eigenvalue weighted by atomic mass is 35.5. The van der Waals surface area contributed by atoms with Crippen LogP contribution in [0.1, 0.15) is 0 Å². The molecule has 3 rings (SSSR count). The summed E-state index contributed by atoms with van der Waals surface area (Å²) in [7, 11) is -3.58. The molecule has 3 aromatic rings. The highest BCUT2D eigenvalue weighted by molar-refractivity contribution is 7.94. The Bertz CT molecular complexity index is 838. The van der Waals surface area contributed by atoms with E-state index in [1.165, 1.54) is 17.4 Å². The number of nitrogens with one attached hydrogen (secondary N) is 1. The molecule has 0 saturated heterocycles. The van der Waals surface area contributed by atoms with E-state index >= 15 is 0 Å². The maximum absolute atomic E-state index is 12.1. The summed E-state index contributed by atoms with van der Waals surface area (Å²) in [5.41, 5.74) is 3.09. The van der Waals surface area contributed by atoms with Gasteiger partial charge in [0.25, 0.3) is 10.0 Å². The van der Waals surface area contributed by atoms with Crippen molar-refractivity contribution in [1.82, 2.24) is 4.98 Å². The van der Waals surface area contributed by atoms with Crippen molar-refractivity contribution >= 4 is 60.2 Å². The first-order chi connectivity index (χ1) is 9.04. The Morgan fingerprint density at radius 3 is 2.79 bits per heavy atom. The van der Waals surface area contributed by atoms with Gasteiger partial charge in [0, 0.05) is 0 Å². The second-order valence-electron chi connectivity index (χ2n) is 3.70. The van der Waals surface area contributed by atoms with Gasteiger partial charge in [0.05, 0.1) is 25.8 Å². The van der Waals surface area contributed by atoms with Crippen LogP contribution in [0.5, 0.6) is 0 Å². The lowest BCUT2D eigenvalue weighted by Gasteiger charge is -2.05. The van der Waals surface area contributed by atoms with E-state index < -0.39 is 10.0 Å². The zero-order valence-corrected chi connectivity index (χ0v) is 12.5. The van der Waals surface area contributed by atoms with Gasteiger partial charge in [0.15, 0.2) is 0 Å². The maximum atomic E-state index is 12.1. The summed E-state index contributed by atoms with van der Waals surface area (Å²) in [6.45, 7) is 0. The van der Waals surface area contributed by atoms with E-state index in [4.69, 9.17) is 11.6 Å². The minimum Gasteiger partial charge on any atom is -0.279 e. The van der Waals surface area contributed by atoms with Gasteiger partial charge in [0.2, 0.25) is 0 Å². The van der Waals surface area contributed by atoms with Crippen LogP contribution in [0.15, 0.2) is 40.1 Å². The number of benzene rings is 1. The van der Waals surface area contributed by atoms with Crippen molar-refractivity contribution in [2.24, 2.45) is 0 Å². The van der Waals surface area contributed by atoms with Crippen molar-refractivity contribution in [2.45, 2.75) is 4.21 Å². The fraction of sp³-hybridized carbons (Fsp3) is 0. The van der Waals surface area contributed by atoms with Crippen LogP contribution in [0.4, 0.5) is 5.69 Å². The van der Waals surface area contributed by atoms with Crippen LogP contribution in [0.3, 0.4) is 0 Å². The predicted molar refractivity (Wildman–Crippen MR) is 79.8 cm³/mol. The van der Waals surface area contributed by atoms with Crippen LogP contribution in [-0.2, 0) is 10.0 Å². The molecule has 0 spiro atoms. The normalized spacial score (nSPS) is 11.8. The van der Waals surface area contributed by atoms with Crippen molar-refractivity contribution in [1.29, 1.82) is 0 Å². The third-order valence-electron chi connectivity index (χ3n) is 2.40. The molecule has 8 heteroatoms. The second kappa shape index (κ2) is 4.75. The predicted octanol–water partition coefficient (Wildman–Crippen LogP) is 3.81. The third kappa shape index (κ3) is 2.59. The number of hydrogen-bond donors (Lipinski definition) is 1. The summed E-state index contributed by atoms with van der Waals surface area (Å²) in [5, 5.41) is 0. The molecule has 1 N–H and O–H groups in total. The average Bonchev–Trinajstić information content (AvgIpc) is 2.96. The average molecular weight is 331 g/mol. The van der Waals surface area contributed by atoms with Crippen LogP contribution in [0, 0.1) is 0 Å². The molecule has 0 atom stereocenters. The highest BCUT2D eigenvalue weighted by Crippen LogP contribution is 2.28. The van der Waals surface area contributed by atoms with E-state index in [9.17, 15) is 8.42 Å². The number of fused-ring (bicyclic) bond motifs is 1. The van der Waals surface area contributed by atoms with Crippen molar-refractivity contribution in [3.05, 3.63) is 40.2 Å². The molecule has 1 aromatic carbocycles. The van der Waals surface area contributed by atoms with E-state index in [1.54, 1.807) is 29.8 Å². The van der Waals surface area contributed by atoms with Gasteiger partial charge in [0.1, 0.15) is 4.21 Å². The number of rotatable bonds is 3. The van der Waals surface area contributed by atoms with E-state index in [1.807, 2.05) is 0 Å². The summed E-state index contributed by atoms with van der Waals surface area (Å²) < 4.78 is 28.3. The summed E-state index contributed by atoms with van der Waals surface area (Å²) in [6.07, 6.45) is 0. The number of halogens is 1. The molecular weight excluding hydrogens is 324 g/mol. The smallest absolute Gasteiger partial charge is 0.271 e. The number of sulfonamides is 1. The number of anilines is 1. The van der Waals surface area contributed by atoms with Gasteiger partial charge in [-0.1, -0.05) is 11.6 Å². The summed E-state index contributed by atoms with van der Waals surface area (Å²) in [5.74, 6) is 0. The Morgan fingerprint density at radius 1 is 1.21 bits per heavy atom.